The molecule has 0 spiro atoms. The first-order chi connectivity index (χ1) is 13.2. The van der Waals surface area contributed by atoms with Crippen LogP contribution in [0.4, 0.5) is 0 Å². The Labute approximate surface area is 177 Å². The molecule has 0 aliphatic carbocycles. The average molecular weight is 417 g/mol. The molecule has 28 heavy (non-hydrogen) atoms. The van der Waals surface area contributed by atoms with Crippen LogP contribution in [0.2, 0.25) is 10.0 Å². The van der Waals surface area contributed by atoms with Crippen LogP contribution < -0.4 is 0 Å². The number of halogens is 2. The van der Waals surface area contributed by atoms with Crippen molar-refractivity contribution in [1.29, 1.82) is 0 Å². The molecule has 2 rings (SSSR count). The third-order valence-corrected chi connectivity index (χ3v) is 5.35. The van der Waals surface area contributed by atoms with Gasteiger partial charge in [-0.15, -0.1) is 0 Å². The Morgan fingerprint density at radius 1 is 0.857 bits per heavy atom. The van der Waals surface area contributed by atoms with Crippen molar-refractivity contribution in [3.63, 3.8) is 0 Å². The van der Waals surface area contributed by atoms with Gasteiger partial charge in [0.25, 0.3) is 0 Å². The molecule has 0 saturated heterocycles. The van der Waals surface area contributed by atoms with E-state index in [1.165, 1.54) is 0 Å². The highest BCUT2D eigenvalue weighted by atomic mass is 35.5. The van der Waals surface area contributed by atoms with Gasteiger partial charge in [-0.1, -0.05) is 48.7 Å². The van der Waals surface area contributed by atoms with Crippen molar-refractivity contribution in [1.82, 2.24) is 0 Å². The molecule has 2 nitrogen and oxygen atoms in total. The van der Waals surface area contributed by atoms with Crippen LogP contribution >= 0.6 is 23.2 Å². The smallest absolute Gasteiger partial charge is 0.170 e. The third kappa shape index (κ3) is 6.05. The predicted octanol–water partition coefficient (Wildman–Crippen LogP) is 7.30. The van der Waals surface area contributed by atoms with Gasteiger partial charge >= 0.3 is 0 Å². The number of carbonyl (C=O) groups excluding carboxylic acids is 2. The number of benzene rings is 2. The summed E-state index contributed by atoms with van der Waals surface area (Å²) < 4.78 is 0. The van der Waals surface area contributed by atoms with Crippen LogP contribution in [-0.2, 0) is 0 Å². The zero-order valence-corrected chi connectivity index (χ0v) is 18.2. The van der Waals surface area contributed by atoms with E-state index in [9.17, 15) is 9.59 Å². The van der Waals surface area contributed by atoms with Gasteiger partial charge in [-0.3, -0.25) is 9.59 Å². The monoisotopic (exact) mass is 416 g/mol. The maximum Gasteiger partial charge on any atom is 0.170 e. The minimum Gasteiger partial charge on any atom is -0.294 e. The maximum absolute atomic E-state index is 13.3. The Morgan fingerprint density at radius 2 is 1.32 bits per heavy atom. The van der Waals surface area contributed by atoms with E-state index in [0.717, 1.165) is 5.57 Å². The molecule has 0 saturated carbocycles. The maximum atomic E-state index is 13.3. The van der Waals surface area contributed by atoms with Crippen molar-refractivity contribution < 1.29 is 9.59 Å². The van der Waals surface area contributed by atoms with E-state index in [4.69, 9.17) is 23.2 Å². The molecule has 0 radical (unpaired) electrons. The fourth-order valence-corrected chi connectivity index (χ4v) is 3.56. The normalized spacial score (nSPS) is 13.1. The number of carbonyl (C=O) groups is 2. The van der Waals surface area contributed by atoms with E-state index >= 15 is 0 Å². The van der Waals surface area contributed by atoms with E-state index < -0.39 is 0 Å². The molecule has 2 aromatic rings. The largest absolute Gasteiger partial charge is 0.294 e. The van der Waals surface area contributed by atoms with Crippen LogP contribution in [0.3, 0.4) is 0 Å². The molecule has 4 heteroatoms. The number of rotatable bonds is 8. The van der Waals surface area contributed by atoms with Crippen LogP contribution in [0.15, 0.2) is 60.2 Å². The molecule has 0 amide bonds. The van der Waals surface area contributed by atoms with E-state index in [2.05, 4.69) is 13.8 Å². The van der Waals surface area contributed by atoms with Gasteiger partial charge in [0.15, 0.2) is 11.6 Å². The number of allylic oxidation sites excluding steroid dienone is 2. The zero-order valence-electron chi connectivity index (χ0n) is 16.7. The van der Waals surface area contributed by atoms with E-state index in [-0.39, 0.29) is 29.3 Å². The molecule has 0 bridgehead atoms. The Bertz CT molecular complexity index is 845. The van der Waals surface area contributed by atoms with Gasteiger partial charge in [-0.2, -0.15) is 0 Å². The highest BCUT2D eigenvalue weighted by molar-refractivity contribution is 6.31. The summed E-state index contributed by atoms with van der Waals surface area (Å²) in [4.78, 5) is 26.2. The second-order valence-electron chi connectivity index (χ2n) is 7.68. The van der Waals surface area contributed by atoms with Gasteiger partial charge in [0, 0.05) is 33.5 Å². The lowest BCUT2D eigenvalue weighted by Gasteiger charge is -2.27. The fourth-order valence-electron chi connectivity index (χ4n) is 3.30. The summed E-state index contributed by atoms with van der Waals surface area (Å²) in [5.74, 6) is -0.288. The van der Waals surface area contributed by atoms with Crippen LogP contribution in [-0.4, -0.2) is 11.6 Å². The molecule has 2 unspecified atom stereocenters. The molecule has 2 atom stereocenters. The molecular weight excluding hydrogens is 391 g/mol. The minimum atomic E-state index is -0.373. The average Bonchev–Trinajstić information content (AvgIpc) is 2.64. The molecule has 0 aromatic heterocycles. The van der Waals surface area contributed by atoms with E-state index in [1.807, 2.05) is 19.9 Å². The van der Waals surface area contributed by atoms with E-state index in [1.54, 1.807) is 48.5 Å². The molecule has 0 aliphatic heterocycles. The van der Waals surface area contributed by atoms with Crippen LogP contribution in [0.1, 0.15) is 54.8 Å². The Morgan fingerprint density at radius 3 is 1.75 bits per heavy atom. The number of hydrogen-bond donors (Lipinski definition) is 0. The lowest BCUT2D eigenvalue weighted by atomic mass is 9.75. The highest BCUT2D eigenvalue weighted by Gasteiger charge is 2.31. The van der Waals surface area contributed by atoms with Gasteiger partial charge < -0.3 is 0 Å². The van der Waals surface area contributed by atoms with Gasteiger partial charge in [-0.05, 0) is 74.2 Å². The molecule has 148 valence electrons. The standard InChI is InChI=1S/C24H26Cl2O2/c1-15(2)13-22(24(28)18-7-11-20(26)12-8-18)21(16(3)4)14-23(27)17-5-9-19(25)10-6-17/h5-13,16,21-22H,14H2,1-4H3. The second-order valence-corrected chi connectivity index (χ2v) is 8.56. The summed E-state index contributed by atoms with van der Waals surface area (Å²) in [5, 5.41) is 1.19. The molecule has 0 N–H and O–H groups in total. The first-order valence-corrected chi connectivity index (χ1v) is 10.2. The Balaban J connectivity index is 2.34. The van der Waals surface area contributed by atoms with Crippen molar-refractivity contribution in [2.24, 2.45) is 17.8 Å². The summed E-state index contributed by atoms with van der Waals surface area (Å²) in [5.41, 5.74) is 2.28. The Kier molecular flexibility index (Phi) is 8.03. The summed E-state index contributed by atoms with van der Waals surface area (Å²) in [6.07, 6.45) is 2.28. The van der Waals surface area contributed by atoms with Gasteiger partial charge in [0.2, 0.25) is 0 Å². The minimum absolute atomic E-state index is 0.0143. The second kappa shape index (κ2) is 10.0. The van der Waals surface area contributed by atoms with E-state index in [0.29, 0.717) is 27.6 Å². The fraction of sp³-hybridized carbons (Fsp3) is 0.333. The molecule has 0 heterocycles. The third-order valence-electron chi connectivity index (χ3n) is 4.85. The molecule has 0 aliphatic rings. The first kappa shape index (κ1) is 22.4. The van der Waals surface area contributed by atoms with Crippen molar-refractivity contribution >= 4 is 34.8 Å². The van der Waals surface area contributed by atoms with Gasteiger partial charge in [0.05, 0.1) is 0 Å². The SMILES string of the molecule is CC(C)=CC(C(=O)c1ccc(Cl)cc1)C(CC(=O)c1ccc(Cl)cc1)C(C)C. The summed E-state index contributed by atoms with van der Waals surface area (Å²) in [6.45, 7) is 8.06. The van der Waals surface area contributed by atoms with Crippen molar-refractivity contribution in [2.75, 3.05) is 0 Å². The number of hydrogen-bond acceptors (Lipinski definition) is 2. The summed E-state index contributed by atoms with van der Waals surface area (Å²) in [7, 11) is 0. The first-order valence-electron chi connectivity index (χ1n) is 9.42. The zero-order chi connectivity index (χ0) is 20.8. The summed E-state index contributed by atoms with van der Waals surface area (Å²) >= 11 is 11.9. The highest BCUT2D eigenvalue weighted by Crippen LogP contribution is 2.31. The number of Topliss-reactive ketones (excluding diaryl/α,β-unsaturated/α-hetero) is 2. The predicted molar refractivity (Wildman–Crippen MR) is 117 cm³/mol. The van der Waals surface area contributed by atoms with Crippen LogP contribution in [0.5, 0.6) is 0 Å². The topological polar surface area (TPSA) is 34.1 Å². The quantitative estimate of drug-likeness (QED) is 0.333. The number of ketones is 2. The molecular formula is C24H26Cl2O2. The van der Waals surface area contributed by atoms with Crippen molar-refractivity contribution in [3.8, 4) is 0 Å². The van der Waals surface area contributed by atoms with Crippen LogP contribution in [0, 0.1) is 17.8 Å². The van der Waals surface area contributed by atoms with Gasteiger partial charge in [0.1, 0.15) is 0 Å². The van der Waals surface area contributed by atoms with Crippen molar-refractivity contribution in [3.05, 3.63) is 81.4 Å². The van der Waals surface area contributed by atoms with Crippen LogP contribution in [0.25, 0.3) is 0 Å². The lowest BCUT2D eigenvalue weighted by molar-refractivity contribution is 0.0839. The van der Waals surface area contributed by atoms with Gasteiger partial charge in [-0.25, -0.2) is 0 Å². The summed E-state index contributed by atoms with van der Waals surface area (Å²) in [6, 6.07) is 13.8. The molecule has 0 fully saturated rings. The van der Waals surface area contributed by atoms with Crippen molar-refractivity contribution in [2.45, 2.75) is 34.1 Å². The Hall–Kier alpha value is -1.90. The molecule has 2 aromatic carbocycles. The lowest BCUT2D eigenvalue weighted by Crippen LogP contribution is -2.29.